The highest BCUT2D eigenvalue weighted by molar-refractivity contribution is 6.11. The Morgan fingerprint density at radius 3 is 2.60 bits per heavy atom. The summed E-state index contributed by atoms with van der Waals surface area (Å²) in [6, 6.07) is 16.8. The number of rotatable bonds is 5. The van der Waals surface area contributed by atoms with Gasteiger partial charge in [0, 0.05) is 36.6 Å². The summed E-state index contributed by atoms with van der Waals surface area (Å²) < 4.78 is 3.49. The molecular formula is C27H28N6O2. The van der Waals surface area contributed by atoms with Gasteiger partial charge in [0.05, 0.1) is 17.4 Å². The average Bonchev–Trinajstić information content (AvgIpc) is 3.57. The number of fused-ring (bicyclic) bond motifs is 2. The first-order valence-corrected chi connectivity index (χ1v) is 12.3. The van der Waals surface area contributed by atoms with E-state index >= 15 is 0 Å². The third-order valence-corrected chi connectivity index (χ3v) is 7.21. The molecule has 8 heteroatoms. The van der Waals surface area contributed by atoms with Gasteiger partial charge in [0.2, 0.25) is 5.91 Å². The molecule has 2 amide bonds. The van der Waals surface area contributed by atoms with Crippen molar-refractivity contribution in [1.29, 1.82) is 0 Å². The molecule has 0 bridgehead atoms. The van der Waals surface area contributed by atoms with Gasteiger partial charge in [-0.2, -0.15) is 5.10 Å². The molecule has 1 unspecified atom stereocenters. The Hall–Kier alpha value is -3.94. The van der Waals surface area contributed by atoms with E-state index in [-0.39, 0.29) is 24.4 Å². The number of amides is 2. The van der Waals surface area contributed by atoms with Crippen molar-refractivity contribution in [3.05, 3.63) is 72.7 Å². The van der Waals surface area contributed by atoms with Crippen molar-refractivity contribution in [3.8, 4) is 0 Å². The highest BCUT2D eigenvalue weighted by Gasteiger charge is 2.46. The number of aromatic nitrogens is 4. The highest BCUT2D eigenvalue weighted by Crippen LogP contribution is 2.44. The van der Waals surface area contributed by atoms with Crippen LogP contribution in [0.1, 0.15) is 43.7 Å². The second-order valence-corrected chi connectivity index (χ2v) is 9.43. The number of carbonyl (C=O) groups excluding carboxylic acids is 2. The maximum Gasteiger partial charge on any atom is 0.255 e. The van der Waals surface area contributed by atoms with Crippen molar-refractivity contribution in [2.75, 3.05) is 9.80 Å². The molecule has 1 aliphatic carbocycles. The summed E-state index contributed by atoms with van der Waals surface area (Å²) in [5.74, 6) is 0.221. The monoisotopic (exact) mass is 468 g/mol. The van der Waals surface area contributed by atoms with Crippen LogP contribution in [0.25, 0.3) is 11.0 Å². The fourth-order valence-corrected chi connectivity index (χ4v) is 5.58. The van der Waals surface area contributed by atoms with Gasteiger partial charge in [-0.25, -0.2) is 4.98 Å². The van der Waals surface area contributed by atoms with E-state index in [0.29, 0.717) is 5.82 Å². The van der Waals surface area contributed by atoms with Crippen molar-refractivity contribution in [1.82, 2.24) is 19.3 Å². The molecule has 178 valence electrons. The van der Waals surface area contributed by atoms with E-state index in [1.54, 1.807) is 28.2 Å². The lowest BCUT2D eigenvalue weighted by molar-refractivity contribution is -0.125. The average molecular weight is 469 g/mol. The van der Waals surface area contributed by atoms with Gasteiger partial charge in [-0.05, 0) is 31.0 Å². The van der Waals surface area contributed by atoms with Crippen molar-refractivity contribution < 1.29 is 9.59 Å². The predicted molar refractivity (Wildman–Crippen MR) is 134 cm³/mol. The molecule has 6 rings (SSSR count). The molecule has 0 spiro atoms. The lowest BCUT2D eigenvalue weighted by atomic mass is 9.94. The second kappa shape index (κ2) is 8.69. The zero-order valence-electron chi connectivity index (χ0n) is 19.7. The van der Waals surface area contributed by atoms with Gasteiger partial charge in [0.1, 0.15) is 12.6 Å². The molecule has 0 radical (unpaired) electrons. The van der Waals surface area contributed by atoms with Crippen molar-refractivity contribution in [2.45, 2.75) is 50.7 Å². The van der Waals surface area contributed by atoms with E-state index in [2.05, 4.69) is 10.1 Å². The molecule has 8 nitrogen and oxygen atoms in total. The number of aryl methyl sites for hydroxylation is 1. The van der Waals surface area contributed by atoms with Gasteiger partial charge in [-0.15, -0.1) is 0 Å². The Morgan fingerprint density at radius 2 is 1.80 bits per heavy atom. The number of anilines is 2. The zero-order chi connectivity index (χ0) is 23.9. The van der Waals surface area contributed by atoms with Crippen LogP contribution in [-0.2, 0) is 23.2 Å². The van der Waals surface area contributed by atoms with Crippen LogP contribution in [0.15, 0.2) is 67.1 Å². The van der Waals surface area contributed by atoms with E-state index in [1.807, 2.05) is 65.0 Å². The summed E-state index contributed by atoms with van der Waals surface area (Å²) >= 11 is 0. The molecule has 4 aromatic rings. The number of hydrogen-bond acceptors (Lipinski definition) is 4. The topological polar surface area (TPSA) is 76.3 Å². The predicted octanol–water partition coefficient (Wildman–Crippen LogP) is 4.22. The SMILES string of the molecule is Cn1ccc(N(C(=O)Cn2cnc3ccccc32)C2C(=O)N(C3CCCCC3)c3ccccc32)n1. The van der Waals surface area contributed by atoms with Crippen LogP contribution in [0, 0.1) is 0 Å². The molecule has 2 aliphatic rings. The van der Waals surface area contributed by atoms with E-state index in [1.165, 1.54) is 6.42 Å². The summed E-state index contributed by atoms with van der Waals surface area (Å²) in [6.45, 7) is 0.0620. The summed E-state index contributed by atoms with van der Waals surface area (Å²) in [4.78, 5) is 36.0. The first-order valence-electron chi connectivity index (χ1n) is 12.3. The fourth-order valence-electron chi connectivity index (χ4n) is 5.58. The number of carbonyl (C=O) groups is 2. The van der Waals surface area contributed by atoms with Crippen LogP contribution in [-0.4, -0.2) is 37.2 Å². The molecular weight excluding hydrogens is 440 g/mol. The van der Waals surface area contributed by atoms with Gasteiger partial charge in [0.25, 0.3) is 5.91 Å². The minimum atomic E-state index is -0.745. The van der Waals surface area contributed by atoms with Gasteiger partial charge in [-0.3, -0.25) is 19.2 Å². The standard InChI is InChI=1S/C27H28N6O2/c1-30-16-15-24(29-30)33(25(34)17-31-18-28-21-12-6-8-14-23(21)31)26-20-11-5-7-13-22(20)32(27(26)35)19-9-3-2-4-10-19/h5-8,11-16,18-19,26H,2-4,9-10,17H2,1H3. The summed E-state index contributed by atoms with van der Waals surface area (Å²) in [7, 11) is 1.81. The molecule has 0 N–H and O–H groups in total. The third-order valence-electron chi connectivity index (χ3n) is 7.21. The minimum Gasteiger partial charge on any atom is -0.321 e. The summed E-state index contributed by atoms with van der Waals surface area (Å²) in [5, 5.41) is 4.54. The van der Waals surface area contributed by atoms with E-state index in [4.69, 9.17) is 0 Å². The van der Waals surface area contributed by atoms with Crippen LogP contribution in [0.4, 0.5) is 11.5 Å². The molecule has 2 aromatic carbocycles. The molecule has 2 aromatic heterocycles. The zero-order valence-corrected chi connectivity index (χ0v) is 19.7. The lowest BCUT2D eigenvalue weighted by Gasteiger charge is -2.33. The Morgan fingerprint density at radius 1 is 1.03 bits per heavy atom. The van der Waals surface area contributed by atoms with Crippen LogP contribution >= 0.6 is 0 Å². The van der Waals surface area contributed by atoms with Crippen LogP contribution in [0.2, 0.25) is 0 Å². The summed E-state index contributed by atoms with van der Waals surface area (Å²) in [6.07, 6.45) is 8.91. The number of benzene rings is 2. The largest absolute Gasteiger partial charge is 0.321 e. The van der Waals surface area contributed by atoms with Gasteiger partial charge >= 0.3 is 0 Å². The maximum absolute atomic E-state index is 14.1. The van der Waals surface area contributed by atoms with Crippen molar-refractivity contribution in [3.63, 3.8) is 0 Å². The number of para-hydroxylation sites is 3. The first kappa shape index (κ1) is 21.6. The van der Waals surface area contributed by atoms with Crippen LogP contribution in [0.3, 0.4) is 0 Å². The molecule has 1 aliphatic heterocycles. The van der Waals surface area contributed by atoms with E-state index < -0.39 is 6.04 Å². The number of nitrogens with zero attached hydrogens (tertiary/aromatic N) is 6. The van der Waals surface area contributed by atoms with Gasteiger partial charge < -0.3 is 9.47 Å². The molecule has 3 heterocycles. The first-order chi connectivity index (χ1) is 17.1. The lowest BCUT2D eigenvalue weighted by Crippen LogP contribution is -2.46. The van der Waals surface area contributed by atoms with Gasteiger partial charge in [0.15, 0.2) is 5.82 Å². The Balaban J connectivity index is 1.41. The smallest absolute Gasteiger partial charge is 0.255 e. The van der Waals surface area contributed by atoms with Crippen molar-refractivity contribution in [2.24, 2.45) is 7.05 Å². The van der Waals surface area contributed by atoms with E-state index in [0.717, 1.165) is 48.0 Å². The number of imidazole rings is 1. The van der Waals surface area contributed by atoms with Gasteiger partial charge in [-0.1, -0.05) is 49.6 Å². The Kier molecular flexibility index (Phi) is 5.36. The maximum atomic E-state index is 14.1. The number of hydrogen-bond donors (Lipinski definition) is 0. The third kappa shape index (κ3) is 3.69. The fraction of sp³-hybridized carbons (Fsp3) is 0.333. The van der Waals surface area contributed by atoms with Crippen molar-refractivity contribution >= 4 is 34.4 Å². The van der Waals surface area contributed by atoms with Crippen LogP contribution < -0.4 is 9.80 Å². The normalized spacial score (nSPS) is 18.3. The Bertz CT molecular complexity index is 1400. The van der Waals surface area contributed by atoms with E-state index in [9.17, 15) is 9.59 Å². The Labute approximate surface area is 203 Å². The summed E-state index contributed by atoms with van der Waals surface area (Å²) in [5.41, 5.74) is 3.48. The minimum absolute atomic E-state index is 0.0485. The molecule has 1 atom stereocenters. The molecule has 0 saturated heterocycles. The molecule has 35 heavy (non-hydrogen) atoms. The van der Waals surface area contributed by atoms with Crippen LogP contribution in [0.5, 0.6) is 0 Å². The highest BCUT2D eigenvalue weighted by atomic mass is 16.2. The second-order valence-electron chi connectivity index (χ2n) is 9.43. The molecule has 1 saturated carbocycles. The quantitative estimate of drug-likeness (QED) is 0.439. The molecule has 1 fully saturated rings.